The van der Waals surface area contributed by atoms with Crippen LogP contribution in [0.1, 0.15) is 24.8 Å². The van der Waals surface area contributed by atoms with Crippen molar-refractivity contribution in [2.24, 2.45) is 0 Å². The van der Waals surface area contributed by atoms with Gasteiger partial charge in [0.05, 0.1) is 5.69 Å². The Balaban J connectivity index is 1.58. The van der Waals surface area contributed by atoms with Crippen molar-refractivity contribution in [2.45, 2.75) is 32.7 Å². The largest absolute Gasteiger partial charge is 0.367 e. The number of urea groups is 1. The summed E-state index contributed by atoms with van der Waals surface area (Å²) in [5, 5.41) is 9.60. The van der Waals surface area contributed by atoms with Crippen molar-refractivity contribution in [3.63, 3.8) is 0 Å². The van der Waals surface area contributed by atoms with Gasteiger partial charge in [0.1, 0.15) is 17.2 Å². The third kappa shape index (κ3) is 3.34. The van der Waals surface area contributed by atoms with E-state index >= 15 is 0 Å². The maximum atomic E-state index is 13.9. The molecule has 7 heteroatoms. The Kier molecular flexibility index (Phi) is 4.69. The molecule has 6 nitrogen and oxygen atoms in total. The molecule has 1 aromatic carbocycles. The van der Waals surface area contributed by atoms with E-state index < -0.39 is 0 Å². The summed E-state index contributed by atoms with van der Waals surface area (Å²) in [6.07, 6.45) is 1.42. The summed E-state index contributed by atoms with van der Waals surface area (Å²) < 4.78 is 19.0. The van der Waals surface area contributed by atoms with Crippen LogP contribution in [-0.4, -0.2) is 30.3 Å². The minimum Gasteiger partial charge on any atom is -0.367 e. The summed E-state index contributed by atoms with van der Waals surface area (Å²) in [4.78, 5) is 14.2. The fraction of sp³-hybridized carbons (Fsp3) is 0.412. The number of nitrogens with one attached hydrogen (secondary N) is 2. The number of amides is 2. The zero-order valence-electron chi connectivity index (χ0n) is 13.8. The lowest BCUT2D eigenvalue weighted by molar-refractivity contribution is 0.249. The van der Waals surface area contributed by atoms with Crippen molar-refractivity contribution >= 4 is 17.4 Å². The third-order valence-electron chi connectivity index (χ3n) is 4.21. The van der Waals surface area contributed by atoms with Crippen LogP contribution in [-0.2, 0) is 6.42 Å². The summed E-state index contributed by atoms with van der Waals surface area (Å²) in [7, 11) is 0. The van der Waals surface area contributed by atoms with E-state index in [0.29, 0.717) is 42.3 Å². The van der Waals surface area contributed by atoms with Gasteiger partial charge in [0.15, 0.2) is 5.76 Å². The lowest BCUT2D eigenvalue weighted by Gasteiger charge is -2.19. The highest BCUT2D eigenvalue weighted by Crippen LogP contribution is 2.24. The van der Waals surface area contributed by atoms with E-state index in [2.05, 4.69) is 15.8 Å². The highest BCUT2D eigenvalue weighted by Gasteiger charge is 2.26. The Morgan fingerprint density at radius 1 is 1.46 bits per heavy atom. The number of carbonyl (C=O) groups excluding carboxylic acids is 1. The van der Waals surface area contributed by atoms with Crippen LogP contribution >= 0.6 is 0 Å². The van der Waals surface area contributed by atoms with Crippen LogP contribution in [0.2, 0.25) is 0 Å². The quantitative estimate of drug-likeness (QED) is 0.903. The molecule has 0 bridgehead atoms. The lowest BCUT2D eigenvalue weighted by atomic mass is 10.2. The normalized spacial score (nSPS) is 17.1. The zero-order valence-corrected chi connectivity index (χ0v) is 13.8. The molecule has 0 aliphatic carbocycles. The van der Waals surface area contributed by atoms with Gasteiger partial charge >= 0.3 is 6.03 Å². The van der Waals surface area contributed by atoms with E-state index in [4.69, 9.17) is 4.52 Å². The Bertz CT molecular complexity index is 731. The third-order valence-corrected chi connectivity index (χ3v) is 4.21. The van der Waals surface area contributed by atoms with Crippen molar-refractivity contribution in [3.8, 4) is 0 Å². The van der Waals surface area contributed by atoms with E-state index in [-0.39, 0.29) is 17.9 Å². The van der Waals surface area contributed by atoms with Crippen molar-refractivity contribution in [3.05, 3.63) is 41.5 Å². The standard InChI is InChI=1S/C17H21FN4O2/c1-3-15-16(11(2)21-24-15)20-17(23)19-12-8-9-22(10-12)14-7-5-4-6-13(14)18/h4-7,12H,3,8-10H2,1-2H3,(H2,19,20,23)/t12-/m1/s1. The number of carbonyl (C=O) groups is 1. The first-order chi connectivity index (χ1) is 11.6. The number of anilines is 2. The zero-order chi connectivity index (χ0) is 17.1. The molecule has 3 rings (SSSR count). The fourth-order valence-electron chi connectivity index (χ4n) is 2.96. The minimum absolute atomic E-state index is 0.0325. The van der Waals surface area contributed by atoms with E-state index in [1.165, 1.54) is 6.07 Å². The van der Waals surface area contributed by atoms with Gasteiger partial charge in [-0.05, 0) is 25.5 Å². The van der Waals surface area contributed by atoms with E-state index in [0.717, 1.165) is 6.42 Å². The second-order valence-corrected chi connectivity index (χ2v) is 5.90. The molecule has 0 unspecified atom stereocenters. The summed E-state index contributed by atoms with van der Waals surface area (Å²) >= 11 is 0. The van der Waals surface area contributed by atoms with Crippen molar-refractivity contribution in [2.75, 3.05) is 23.3 Å². The van der Waals surface area contributed by atoms with Gasteiger partial charge in [-0.2, -0.15) is 0 Å². The van der Waals surface area contributed by atoms with E-state index in [1.807, 2.05) is 17.9 Å². The SMILES string of the molecule is CCc1onc(C)c1NC(=O)N[C@@H]1CCN(c2ccccc2F)C1. The number of halogens is 1. The van der Waals surface area contributed by atoms with Crippen molar-refractivity contribution < 1.29 is 13.7 Å². The van der Waals surface area contributed by atoms with Crippen LogP contribution in [0.25, 0.3) is 0 Å². The van der Waals surface area contributed by atoms with Gasteiger partial charge < -0.3 is 20.1 Å². The summed E-state index contributed by atoms with van der Waals surface area (Å²) in [6.45, 7) is 5.01. The van der Waals surface area contributed by atoms with Crippen LogP contribution in [0.4, 0.5) is 20.6 Å². The molecule has 2 heterocycles. The Labute approximate surface area is 140 Å². The number of aromatic nitrogens is 1. The minimum atomic E-state index is -0.295. The molecule has 1 atom stereocenters. The van der Waals surface area contributed by atoms with Crippen molar-refractivity contribution in [1.82, 2.24) is 10.5 Å². The molecule has 128 valence electrons. The lowest BCUT2D eigenvalue weighted by Crippen LogP contribution is -2.40. The molecule has 1 aliphatic heterocycles. The van der Waals surface area contributed by atoms with Gasteiger partial charge in [-0.3, -0.25) is 0 Å². The second kappa shape index (κ2) is 6.90. The molecule has 0 radical (unpaired) electrons. The molecule has 0 saturated carbocycles. The average Bonchev–Trinajstić information content (AvgIpc) is 3.15. The first-order valence-electron chi connectivity index (χ1n) is 8.10. The number of nitrogens with zero attached hydrogens (tertiary/aromatic N) is 2. The van der Waals surface area contributed by atoms with Crippen LogP contribution in [0.15, 0.2) is 28.8 Å². The van der Waals surface area contributed by atoms with Crippen LogP contribution in [0.5, 0.6) is 0 Å². The molecule has 0 spiro atoms. The highest BCUT2D eigenvalue weighted by molar-refractivity contribution is 5.90. The topological polar surface area (TPSA) is 70.4 Å². The number of hydrogen-bond acceptors (Lipinski definition) is 4. The number of aryl methyl sites for hydroxylation is 2. The Morgan fingerprint density at radius 2 is 2.25 bits per heavy atom. The molecule has 1 aromatic heterocycles. The number of rotatable bonds is 4. The Hall–Kier alpha value is -2.57. The van der Waals surface area contributed by atoms with Crippen LogP contribution < -0.4 is 15.5 Å². The van der Waals surface area contributed by atoms with E-state index in [9.17, 15) is 9.18 Å². The second-order valence-electron chi connectivity index (χ2n) is 5.90. The first kappa shape index (κ1) is 16.3. The molecular formula is C17H21FN4O2. The molecule has 2 aromatic rings. The fourth-order valence-corrected chi connectivity index (χ4v) is 2.96. The molecule has 1 fully saturated rings. The molecule has 1 saturated heterocycles. The predicted molar refractivity (Wildman–Crippen MR) is 89.8 cm³/mol. The van der Waals surface area contributed by atoms with Gasteiger partial charge in [0.25, 0.3) is 0 Å². The van der Waals surface area contributed by atoms with Crippen molar-refractivity contribution in [1.29, 1.82) is 0 Å². The summed E-state index contributed by atoms with van der Waals surface area (Å²) in [6, 6.07) is 6.36. The molecule has 2 N–H and O–H groups in total. The van der Waals surface area contributed by atoms with E-state index in [1.54, 1.807) is 19.1 Å². The van der Waals surface area contributed by atoms with Gasteiger partial charge in [-0.25, -0.2) is 9.18 Å². The molecule has 24 heavy (non-hydrogen) atoms. The number of hydrogen-bond donors (Lipinski definition) is 2. The average molecular weight is 332 g/mol. The highest BCUT2D eigenvalue weighted by atomic mass is 19.1. The van der Waals surface area contributed by atoms with Crippen LogP contribution in [0, 0.1) is 12.7 Å². The number of benzene rings is 1. The molecule has 2 amide bonds. The number of para-hydroxylation sites is 1. The molecule has 1 aliphatic rings. The van der Waals surface area contributed by atoms with Gasteiger partial charge in [0.2, 0.25) is 0 Å². The maximum Gasteiger partial charge on any atom is 0.319 e. The summed E-state index contributed by atoms with van der Waals surface area (Å²) in [5.74, 6) is 0.414. The summed E-state index contributed by atoms with van der Waals surface area (Å²) in [5.41, 5.74) is 1.85. The first-order valence-corrected chi connectivity index (χ1v) is 8.10. The van der Waals surface area contributed by atoms with Gasteiger partial charge in [0, 0.05) is 25.6 Å². The van der Waals surface area contributed by atoms with Gasteiger partial charge in [-0.1, -0.05) is 24.2 Å². The monoisotopic (exact) mass is 332 g/mol. The predicted octanol–water partition coefficient (Wildman–Crippen LogP) is 3.08. The smallest absolute Gasteiger partial charge is 0.319 e. The van der Waals surface area contributed by atoms with Gasteiger partial charge in [-0.15, -0.1) is 0 Å². The maximum absolute atomic E-state index is 13.9. The molecular weight excluding hydrogens is 311 g/mol. The Morgan fingerprint density at radius 3 is 3.00 bits per heavy atom. The van der Waals surface area contributed by atoms with Crippen LogP contribution in [0.3, 0.4) is 0 Å².